The van der Waals surface area contributed by atoms with Crippen LogP contribution in [-0.2, 0) is 9.59 Å². The number of benzene rings is 1. The Labute approximate surface area is 172 Å². The van der Waals surface area contributed by atoms with Crippen molar-refractivity contribution in [3.8, 4) is 5.75 Å². The number of fused-ring (bicyclic) bond motifs is 7. The van der Waals surface area contributed by atoms with Crippen molar-refractivity contribution in [3.05, 3.63) is 29.8 Å². The summed E-state index contributed by atoms with van der Waals surface area (Å²) in [5, 5.41) is 13.4. The molecule has 7 heteroatoms. The molecule has 4 spiro atoms. The third kappa shape index (κ3) is 1.05. The molecule has 9 rings (SSSR count). The van der Waals surface area contributed by atoms with E-state index in [-0.39, 0.29) is 28.9 Å². The molecule has 7 nitrogen and oxygen atoms in total. The van der Waals surface area contributed by atoms with Gasteiger partial charge in [0.1, 0.15) is 16.7 Å². The van der Waals surface area contributed by atoms with Gasteiger partial charge >= 0.3 is 0 Å². The van der Waals surface area contributed by atoms with Crippen LogP contribution in [-0.4, -0.2) is 69.2 Å². The molecule has 0 radical (unpaired) electrons. The van der Waals surface area contributed by atoms with Crippen molar-refractivity contribution < 1.29 is 14.7 Å². The van der Waals surface area contributed by atoms with Gasteiger partial charge in [-0.15, -0.1) is 0 Å². The molecule has 30 heavy (non-hydrogen) atoms. The number of nitrogens with zero attached hydrogens (tertiary/aromatic N) is 3. The lowest BCUT2D eigenvalue weighted by Gasteiger charge is -2.74. The average Bonchev–Trinajstić information content (AvgIpc) is 3.03. The van der Waals surface area contributed by atoms with Crippen molar-refractivity contribution >= 4 is 28.8 Å². The molecule has 8 aliphatic rings. The molecule has 0 bridgehead atoms. The van der Waals surface area contributed by atoms with E-state index in [9.17, 15) is 14.7 Å². The van der Waals surface area contributed by atoms with E-state index < -0.39 is 16.5 Å². The van der Waals surface area contributed by atoms with Crippen LogP contribution in [0.1, 0.15) is 24.8 Å². The summed E-state index contributed by atoms with van der Waals surface area (Å²) in [4.78, 5) is 36.4. The van der Waals surface area contributed by atoms with Gasteiger partial charge in [0.2, 0.25) is 11.8 Å². The molecule has 6 aliphatic heterocycles. The van der Waals surface area contributed by atoms with E-state index in [1.54, 1.807) is 12.1 Å². The van der Waals surface area contributed by atoms with Gasteiger partial charge in [0.15, 0.2) is 0 Å². The second kappa shape index (κ2) is 3.84. The van der Waals surface area contributed by atoms with Gasteiger partial charge in [0, 0.05) is 54.2 Å². The van der Waals surface area contributed by atoms with Crippen LogP contribution in [0.2, 0.25) is 0 Å². The van der Waals surface area contributed by atoms with Crippen molar-refractivity contribution in [2.45, 2.75) is 36.4 Å². The fourth-order valence-corrected chi connectivity index (χ4v) is 9.02. The lowest BCUT2D eigenvalue weighted by atomic mass is 9.32. The van der Waals surface area contributed by atoms with Crippen LogP contribution < -0.4 is 5.32 Å². The normalized spacial score (nSPS) is 51.6. The number of β-lactam (4-membered cyclic amide) rings is 1. The molecule has 7 atom stereocenters. The van der Waals surface area contributed by atoms with Gasteiger partial charge in [0.05, 0.1) is 16.9 Å². The van der Waals surface area contributed by atoms with Gasteiger partial charge in [0.25, 0.3) is 0 Å². The maximum Gasteiger partial charge on any atom is 0.247 e. The molecule has 0 aromatic heterocycles. The van der Waals surface area contributed by atoms with Crippen LogP contribution >= 0.6 is 0 Å². The molecule has 7 unspecified atom stereocenters. The number of hydrogen-bond donors (Lipinski definition) is 2. The topological polar surface area (TPSA) is 85.0 Å². The molecule has 1 saturated carbocycles. The Morgan fingerprint density at radius 3 is 2.97 bits per heavy atom. The summed E-state index contributed by atoms with van der Waals surface area (Å²) in [5.74, 6) is 0.673. The summed E-state index contributed by atoms with van der Waals surface area (Å²) in [6.07, 6.45) is 4.69. The van der Waals surface area contributed by atoms with E-state index in [2.05, 4.69) is 16.3 Å². The number of aliphatic imine (C=N–C) groups is 1. The van der Waals surface area contributed by atoms with Gasteiger partial charge in [-0.05, 0) is 37.5 Å². The quantitative estimate of drug-likeness (QED) is 0.499. The van der Waals surface area contributed by atoms with Crippen molar-refractivity contribution in [3.63, 3.8) is 0 Å². The van der Waals surface area contributed by atoms with Gasteiger partial charge < -0.3 is 15.3 Å². The first-order chi connectivity index (χ1) is 14.5. The standard InChI is InChI=1S/C23H20N4O3/c28-11-2-3-12-13-7-22-15(20(10-26-9-16(20)26)17(13)24-14(12)6-11)8-21(22)19(30)27-5-1-4-23(21,27)18(29)25-22/h2-3,6-7,15-16,28H,1,4-5,8-10H2,(H,25,29). The first-order valence-corrected chi connectivity index (χ1v) is 11.0. The number of amides is 2. The average molecular weight is 400 g/mol. The first-order valence-electron chi connectivity index (χ1n) is 11.0. The van der Waals surface area contributed by atoms with E-state index in [1.165, 1.54) is 0 Å². The number of hydrogen-bond acceptors (Lipinski definition) is 5. The van der Waals surface area contributed by atoms with Crippen LogP contribution in [0.3, 0.4) is 0 Å². The van der Waals surface area contributed by atoms with Gasteiger partial charge in [-0.25, -0.2) is 0 Å². The summed E-state index contributed by atoms with van der Waals surface area (Å²) in [6.45, 7) is 2.74. The zero-order chi connectivity index (χ0) is 19.8. The summed E-state index contributed by atoms with van der Waals surface area (Å²) in [6, 6.07) is 5.83. The number of aromatic hydroxyl groups is 1. The molecular formula is C23H20N4O3. The number of allylic oxidation sites excluding steroid dienone is 1. The number of carbonyl (C=O) groups excluding carboxylic acids is 2. The third-order valence-corrected chi connectivity index (χ3v) is 10.1. The molecule has 2 amide bonds. The molecule has 1 aromatic carbocycles. The Morgan fingerprint density at radius 2 is 2.17 bits per heavy atom. The van der Waals surface area contributed by atoms with Gasteiger partial charge in [-0.3, -0.25) is 19.5 Å². The van der Waals surface area contributed by atoms with Crippen molar-refractivity contribution in [2.24, 2.45) is 21.7 Å². The Kier molecular flexibility index (Phi) is 1.94. The number of rotatable bonds is 0. The van der Waals surface area contributed by atoms with Crippen LogP contribution in [0.25, 0.3) is 5.57 Å². The number of phenols is 1. The highest BCUT2D eigenvalue weighted by molar-refractivity contribution is 6.34. The minimum atomic E-state index is -0.628. The smallest absolute Gasteiger partial charge is 0.247 e. The lowest BCUT2D eigenvalue weighted by molar-refractivity contribution is -0.226. The van der Waals surface area contributed by atoms with Crippen molar-refractivity contribution in [1.82, 2.24) is 15.1 Å². The minimum absolute atomic E-state index is 0.0605. The van der Waals surface area contributed by atoms with Crippen LogP contribution in [0, 0.1) is 16.7 Å². The predicted molar refractivity (Wildman–Crippen MR) is 106 cm³/mol. The molecule has 150 valence electrons. The maximum absolute atomic E-state index is 13.5. The molecular weight excluding hydrogens is 380 g/mol. The van der Waals surface area contributed by atoms with Crippen molar-refractivity contribution in [2.75, 3.05) is 19.6 Å². The van der Waals surface area contributed by atoms with E-state index in [4.69, 9.17) is 4.99 Å². The summed E-state index contributed by atoms with van der Waals surface area (Å²) < 4.78 is 0. The fourth-order valence-electron chi connectivity index (χ4n) is 9.02. The van der Waals surface area contributed by atoms with E-state index in [1.807, 2.05) is 11.0 Å². The molecule has 2 N–H and O–H groups in total. The first kappa shape index (κ1) is 15.2. The summed E-state index contributed by atoms with van der Waals surface area (Å²) in [5.41, 5.74) is 2.10. The SMILES string of the molecule is O=C1NC23C=C4C(=Nc5cc(O)ccc54)C4(CN5CC54)C2CC32C(=O)N3CCCC132. The monoisotopic (exact) mass is 400 g/mol. The molecule has 6 heterocycles. The molecule has 5 saturated heterocycles. The molecule has 1 aromatic rings. The second-order valence-corrected chi connectivity index (χ2v) is 10.6. The Hall–Kier alpha value is -2.67. The lowest BCUT2D eigenvalue weighted by Crippen LogP contribution is -2.89. The van der Waals surface area contributed by atoms with Crippen LogP contribution in [0.4, 0.5) is 5.69 Å². The molecule has 2 aliphatic carbocycles. The minimum Gasteiger partial charge on any atom is -0.508 e. The second-order valence-electron chi connectivity index (χ2n) is 10.6. The summed E-state index contributed by atoms with van der Waals surface area (Å²) >= 11 is 0. The zero-order valence-electron chi connectivity index (χ0n) is 16.3. The largest absolute Gasteiger partial charge is 0.508 e. The predicted octanol–water partition coefficient (Wildman–Crippen LogP) is 0.809. The number of nitrogens with one attached hydrogen (secondary N) is 1. The van der Waals surface area contributed by atoms with Gasteiger partial charge in [-0.1, -0.05) is 0 Å². The highest BCUT2D eigenvalue weighted by Gasteiger charge is 2.95. The van der Waals surface area contributed by atoms with E-state index in [0.29, 0.717) is 12.6 Å². The Morgan fingerprint density at radius 1 is 1.27 bits per heavy atom. The zero-order valence-corrected chi connectivity index (χ0v) is 16.3. The maximum atomic E-state index is 13.5. The molecule has 6 fully saturated rings. The van der Waals surface area contributed by atoms with E-state index in [0.717, 1.165) is 54.9 Å². The van der Waals surface area contributed by atoms with Crippen LogP contribution in [0.5, 0.6) is 5.75 Å². The van der Waals surface area contributed by atoms with E-state index >= 15 is 0 Å². The summed E-state index contributed by atoms with van der Waals surface area (Å²) in [7, 11) is 0. The number of carbonyl (C=O) groups is 2. The van der Waals surface area contributed by atoms with Gasteiger partial charge in [-0.2, -0.15) is 0 Å². The number of phenolic OH excluding ortho intramolecular Hbond substituents is 1. The fraction of sp³-hybridized carbons (Fsp3) is 0.522. The Bertz CT molecular complexity index is 1250. The highest BCUT2D eigenvalue weighted by Crippen LogP contribution is 2.81. The van der Waals surface area contributed by atoms with Crippen LogP contribution in [0.15, 0.2) is 29.3 Å². The third-order valence-electron chi connectivity index (χ3n) is 10.1. The highest BCUT2D eigenvalue weighted by atomic mass is 16.3. The van der Waals surface area contributed by atoms with Crippen molar-refractivity contribution in [1.29, 1.82) is 0 Å². The Balaban J connectivity index is 1.34.